The van der Waals surface area contributed by atoms with Crippen LogP contribution in [0.1, 0.15) is 44.6 Å². The molecular weight excluding hydrogens is 234 g/mol. The van der Waals surface area contributed by atoms with Crippen molar-refractivity contribution in [1.82, 2.24) is 4.90 Å². The van der Waals surface area contributed by atoms with Gasteiger partial charge in [-0.25, -0.2) is 0 Å². The number of carbonyl (C=O) groups excluding carboxylic acids is 1. The summed E-state index contributed by atoms with van der Waals surface area (Å²) >= 11 is 0. The summed E-state index contributed by atoms with van der Waals surface area (Å²) in [5, 5.41) is 0. The van der Waals surface area contributed by atoms with Crippen molar-refractivity contribution in [3.8, 4) is 0 Å². The van der Waals surface area contributed by atoms with Crippen LogP contribution in [-0.4, -0.2) is 28.8 Å². The van der Waals surface area contributed by atoms with Gasteiger partial charge in [0.05, 0.1) is 0 Å². The van der Waals surface area contributed by atoms with Gasteiger partial charge in [0.25, 0.3) is 0 Å². The van der Waals surface area contributed by atoms with E-state index >= 15 is 0 Å². The van der Waals surface area contributed by atoms with Gasteiger partial charge in [0.15, 0.2) is 0 Å². The van der Waals surface area contributed by atoms with E-state index in [4.69, 9.17) is 0 Å². The van der Waals surface area contributed by atoms with Gasteiger partial charge in [-0.3, -0.25) is 9.69 Å². The first kappa shape index (κ1) is 12.9. The molecule has 0 aromatic heterocycles. The van der Waals surface area contributed by atoms with E-state index in [2.05, 4.69) is 42.2 Å². The fourth-order valence-corrected chi connectivity index (χ4v) is 3.89. The van der Waals surface area contributed by atoms with E-state index in [1.807, 2.05) is 0 Å². The highest BCUT2D eigenvalue weighted by Crippen LogP contribution is 2.36. The van der Waals surface area contributed by atoms with E-state index in [9.17, 15) is 4.79 Å². The van der Waals surface area contributed by atoms with Crippen LogP contribution in [0.15, 0.2) is 30.3 Å². The van der Waals surface area contributed by atoms with Crippen LogP contribution in [0.4, 0.5) is 0 Å². The summed E-state index contributed by atoms with van der Waals surface area (Å²) in [5.74, 6) is 0.485. The third-order valence-corrected chi connectivity index (χ3v) is 4.81. The van der Waals surface area contributed by atoms with Crippen LogP contribution < -0.4 is 0 Å². The van der Waals surface area contributed by atoms with Gasteiger partial charge in [-0.2, -0.15) is 0 Å². The van der Waals surface area contributed by atoms with Crippen LogP contribution >= 0.6 is 0 Å². The summed E-state index contributed by atoms with van der Waals surface area (Å²) in [6.45, 7) is 2.34. The zero-order chi connectivity index (χ0) is 13.2. The van der Waals surface area contributed by atoms with Crippen molar-refractivity contribution in [2.75, 3.05) is 0 Å². The molecule has 0 spiro atoms. The molecule has 3 rings (SSSR count). The number of carbonyl (C=O) groups is 1. The first-order valence-corrected chi connectivity index (χ1v) is 7.57. The van der Waals surface area contributed by atoms with Crippen LogP contribution in [0.5, 0.6) is 0 Å². The van der Waals surface area contributed by atoms with Gasteiger partial charge in [0.1, 0.15) is 5.78 Å². The SMILES string of the molecule is CC(CCc1ccccc1)N1C2CCC1CC(=O)C2. The van der Waals surface area contributed by atoms with E-state index in [0.717, 1.165) is 19.3 Å². The van der Waals surface area contributed by atoms with Gasteiger partial charge in [0, 0.05) is 31.0 Å². The minimum absolute atomic E-state index is 0.485. The Kier molecular flexibility index (Phi) is 3.69. The van der Waals surface area contributed by atoms with Gasteiger partial charge in [-0.1, -0.05) is 30.3 Å². The predicted molar refractivity (Wildman–Crippen MR) is 77.1 cm³/mol. The number of piperidine rings is 1. The van der Waals surface area contributed by atoms with Crippen LogP contribution in [0.25, 0.3) is 0 Å². The normalized spacial score (nSPS) is 28.6. The number of aryl methyl sites for hydroxylation is 1. The van der Waals surface area contributed by atoms with E-state index in [0.29, 0.717) is 23.9 Å². The second-order valence-corrected chi connectivity index (χ2v) is 6.15. The standard InChI is InChI=1S/C17H23NO/c1-13(7-8-14-5-3-2-4-6-14)18-15-9-10-16(18)12-17(19)11-15/h2-6,13,15-16H,7-12H2,1H3. The molecule has 3 unspecified atom stereocenters. The third-order valence-electron chi connectivity index (χ3n) is 4.81. The van der Waals surface area contributed by atoms with Crippen molar-refractivity contribution in [2.24, 2.45) is 0 Å². The second kappa shape index (κ2) is 5.46. The fraction of sp³-hybridized carbons (Fsp3) is 0.588. The Hall–Kier alpha value is -1.15. The van der Waals surface area contributed by atoms with Crippen LogP contribution in [0.2, 0.25) is 0 Å². The minimum Gasteiger partial charge on any atom is -0.300 e. The number of hydrogen-bond acceptors (Lipinski definition) is 2. The monoisotopic (exact) mass is 257 g/mol. The molecule has 2 nitrogen and oxygen atoms in total. The highest BCUT2D eigenvalue weighted by atomic mass is 16.1. The first-order valence-electron chi connectivity index (χ1n) is 7.57. The Morgan fingerprint density at radius 3 is 2.42 bits per heavy atom. The number of fused-ring (bicyclic) bond motifs is 2. The lowest BCUT2D eigenvalue weighted by molar-refractivity contribution is -0.124. The number of hydrogen-bond donors (Lipinski definition) is 0. The highest BCUT2D eigenvalue weighted by Gasteiger charge is 2.41. The second-order valence-electron chi connectivity index (χ2n) is 6.15. The third kappa shape index (κ3) is 2.74. The van der Waals surface area contributed by atoms with Crippen LogP contribution in [-0.2, 0) is 11.2 Å². The molecule has 2 aliphatic heterocycles. The summed E-state index contributed by atoms with van der Waals surface area (Å²) in [6.07, 6.45) is 6.40. The number of rotatable bonds is 4. The number of ketones is 1. The van der Waals surface area contributed by atoms with Gasteiger partial charge in [0.2, 0.25) is 0 Å². The quantitative estimate of drug-likeness (QED) is 0.825. The maximum Gasteiger partial charge on any atom is 0.136 e. The lowest BCUT2D eigenvalue weighted by Gasteiger charge is -2.38. The molecular formula is C17H23NO. The van der Waals surface area contributed by atoms with E-state index < -0.39 is 0 Å². The maximum absolute atomic E-state index is 11.6. The zero-order valence-corrected chi connectivity index (χ0v) is 11.7. The van der Waals surface area contributed by atoms with Crippen LogP contribution in [0, 0.1) is 0 Å². The largest absolute Gasteiger partial charge is 0.300 e. The lowest BCUT2D eigenvalue weighted by atomic mass is 9.97. The summed E-state index contributed by atoms with van der Waals surface area (Å²) in [7, 11) is 0. The molecule has 1 aromatic rings. The average Bonchev–Trinajstić information content (AvgIpc) is 2.70. The summed E-state index contributed by atoms with van der Waals surface area (Å²) in [6, 6.07) is 12.4. The molecule has 19 heavy (non-hydrogen) atoms. The average molecular weight is 257 g/mol. The van der Waals surface area contributed by atoms with Gasteiger partial charge in [-0.05, 0) is 38.2 Å². The van der Waals surface area contributed by atoms with Gasteiger partial charge in [-0.15, -0.1) is 0 Å². The molecule has 3 atom stereocenters. The molecule has 2 bridgehead atoms. The summed E-state index contributed by atoms with van der Waals surface area (Å²) < 4.78 is 0. The minimum atomic E-state index is 0.485. The van der Waals surface area contributed by atoms with Crippen molar-refractivity contribution in [2.45, 2.75) is 63.6 Å². The Morgan fingerprint density at radius 2 is 1.79 bits per heavy atom. The molecule has 0 amide bonds. The van der Waals surface area contributed by atoms with E-state index in [1.54, 1.807) is 0 Å². The molecule has 2 aliphatic rings. The first-order chi connectivity index (χ1) is 9.24. The van der Waals surface area contributed by atoms with Crippen molar-refractivity contribution >= 4 is 5.78 Å². The molecule has 2 fully saturated rings. The predicted octanol–water partition coefficient (Wildman–Crippen LogP) is 3.20. The summed E-state index contributed by atoms with van der Waals surface area (Å²) in [5.41, 5.74) is 1.43. The Bertz CT molecular complexity index is 426. The molecule has 2 heterocycles. The van der Waals surface area contributed by atoms with Crippen molar-refractivity contribution in [1.29, 1.82) is 0 Å². The Morgan fingerprint density at radius 1 is 1.16 bits per heavy atom. The Labute approximate surface area is 115 Å². The zero-order valence-electron chi connectivity index (χ0n) is 11.7. The molecule has 0 radical (unpaired) electrons. The van der Waals surface area contributed by atoms with Gasteiger partial charge < -0.3 is 0 Å². The molecule has 2 heteroatoms. The van der Waals surface area contributed by atoms with E-state index in [-0.39, 0.29) is 0 Å². The van der Waals surface area contributed by atoms with E-state index in [1.165, 1.54) is 24.8 Å². The molecule has 0 saturated carbocycles. The molecule has 0 aliphatic carbocycles. The Balaban J connectivity index is 1.59. The molecule has 0 N–H and O–H groups in total. The molecule has 1 aromatic carbocycles. The van der Waals surface area contributed by atoms with Crippen LogP contribution in [0.3, 0.4) is 0 Å². The van der Waals surface area contributed by atoms with Crippen molar-refractivity contribution < 1.29 is 4.79 Å². The maximum atomic E-state index is 11.6. The number of Topliss-reactive ketones (excluding diaryl/α,β-unsaturated/α-hetero) is 1. The molecule has 2 saturated heterocycles. The number of benzene rings is 1. The summed E-state index contributed by atoms with van der Waals surface area (Å²) in [4.78, 5) is 14.3. The van der Waals surface area contributed by atoms with Crippen molar-refractivity contribution in [3.63, 3.8) is 0 Å². The molecule has 102 valence electrons. The van der Waals surface area contributed by atoms with Crippen molar-refractivity contribution in [3.05, 3.63) is 35.9 Å². The lowest BCUT2D eigenvalue weighted by Crippen LogP contribution is -2.48. The fourth-order valence-electron chi connectivity index (χ4n) is 3.89. The highest BCUT2D eigenvalue weighted by molar-refractivity contribution is 5.81. The topological polar surface area (TPSA) is 20.3 Å². The van der Waals surface area contributed by atoms with Gasteiger partial charge >= 0.3 is 0 Å². The number of nitrogens with zero attached hydrogens (tertiary/aromatic N) is 1. The smallest absolute Gasteiger partial charge is 0.136 e.